The van der Waals surface area contributed by atoms with Crippen molar-refractivity contribution in [3.05, 3.63) is 0 Å². The van der Waals surface area contributed by atoms with E-state index in [1.54, 1.807) is 0 Å². The van der Waals surface area contributed by atoms with Gasteiger partial charge in [0.15, 0.2) is 0 Å². The van der Waals surface area contributed by atoms with Gasteiger partial charge in [-0.05, 0) is 51.4 Å². The van der Waals surface area contributed by atoms with Gasteiger partial charge in [-0.15, -0.1) is 0 Å². The highest BCUT2D eigenvalue weighted by Crippen LogP contribution is 2.28. The van der Waals surface area contributed by atoms with E-state index in [-0.39, 0.29) is 17.7 Å². The van der Waals surface area contributed by atoms with Crippen molar-refractivity contribution in [2.24, 2.45) is 11.8 Å². The minimum atomic E-state index is -1.02. The van der Waals surface area contributed by atoms with Crippen LogP contribution in [-0.4, -0.2) is 46.6 Å². The van der Waals surface area contributed by atoms with Gasteiger partial charge in [0.05, 0.1) is 0 Å². The van der Waals surface area contributed by atoms with Gasteiger partial charge in [-0.3, -0.25) is 19.2 Å². The Labute approximate surface area is 236 Å². The third-order valence-electron chi connectivity index (χ3n) is 8.08. The van der Waals surface area contributed by atoms with Crippen molar-refractivity contribution in [2.45, 2.75) is 154 Å². The molecule has 226 valence electrons. The van der Waals surface area contributed by atoms with Crippen LogP contribution in [0.3, 0.4) is 0 Å². The molecule has 0 bridgehead atoms. The molecule has 0 radical (unpaired) electrons. The van der Waals surface area contributed by atoms with Gasteiger partial charge in [0, 0.05) is 25.3 Å². The van der Waals surface area contributed by atoms with Crippen molar-refractivity contribution in [1.29, 1.82) is 0 Å². The molecular weight excluding hydrogens is 496 g/mol. The van der Waals surface area contributed by atoms with E-state index in [9.17, 15) is 19.2 Å². The Morgan fingerprint density at radius 2 is 1.05 bits per heavy atom. The molecule has 2 amide bonds. The fourth-order valence-electron chi connectivity index (χ4n) is 5.40. The van der Waals surface area contributed by atoms with Crippen LogP contribution in [0.1, 0.15) is 148 Å². The maximum absolute atomic E-state index is 12.2. The number of aliphatic carboxylic acids is 2. The first-order valence-electron chi connectivity index (χ1n) is 15.8. The molecule has 39 heavy (non-hydrogen) atoms. The lowest BCUT2D eigenvalue weighted by molar-refractivity contribution is -0.142. The number of hydrogen-bond acceptors (Lipinski definition) is 4. The van der Waals surface area contributed by atoms with Crippen molar-refractivity contribution in [3.63, 3.8) is 0 Å². The van der Waals surface area contributed by atoms with E-state index in [0.29, 0.717) is 25.3 Å². The molecule has 8 nitrogen and oxygen atoms in total. The maximum Gasteiger partial charge on any atom is 0.325 e. The minimum absolute atomic E-state index is 0.121. The molecule has 0 spiro atoms. The molecule has 8 heteroatoms. The average Bonchev–Trinajstić information content (AvgIpc) is 2.91. The van der Waals surface area contributed by atoms with E-state index >= 15 is 0 Å². The molecule has 0 saturated heterocycles. The number of carboxylic acid groups (broad SMARTS) is 2. The Bertz CT molecular complexity index is 691. The van der Waals surface area contributed by atoms with Crippen LogP contribution in [0.15, 0.2) is 0 Å². The predicted octanol–water partition coefficient (Wildman–Crippen LogP) is 6.60. The summed E-state index contributed by atoms with van der Waals surface area (Å²) >= 11 is 0. The zero-order valence-electron chi connectivity index (χ0n) is 24.5. The third kappa shape index (κ3) is 19.6. The molecule has 1 rings (SSSR count). The number of amides is 2. The van der Waals surface area contributed by atoms with Gasteiger partial charge in [0.25, 0.3) is 0 Å². The molecule has 0 aromatic heterocycles. The van der Waals surface area contributed by atoms with Crippen molar-refractivity contribution >= 4 is 23.8 Å². The van der Waals surface area contributed by atoms with Gasteiger partial charge < -0.3 is 20.8 Å². The molecule has 1 atom stereocenters. The molecule has 0 unspecified atom stereocenters. The van der Waals surface area contributed by atoms with Crippen molar-refractivity contribution in [1.82, 2.24) is 10.6 Å². The number of rotatable bonds is 24. The second kappa shape index (κ2) is 22.7. The molecule has 0 aliphatic heterocycles. The molecule has 0 heterocycles. The highest BCUT2D eigenvalue weighted by molar-refractivity contribution is 5.84. The lowest BCUT2D eigenvalue weighted by Gasteiger charge is -2.28. The topological polar surface area (TPSA) is 133 Å². The molecule has 0 aromatic rings. The standard InChI is InChI=1S/C31H56N2O6/c1-25(31(38)39)33-30(37)27-22-20-26(21-23-27)24-32-28(34)18-16-14-12-10-8-6-4-2-3-5-7-9-11-13-15-17-19-29(35)36/h25-27H,2-24H2,1H3,(H,32,34)(H,33,37)(H,35,36)(H,38,39)/t25-,26-,27-/m0/s1. The molecular formula is C31H56N2O6. The first-order chi connectivity index (χ1) is 18.8. The van der Waals surface area contributed by atoms with E-state index in [1.165, 1.54) is 84.0 Å². The van der Waals surface area contributed by atoms with Gasteiger partial charge in [-0.1, -0.05) is 89.9 Å². The van der Waals surface area contributed by atoms with Crippen molar-refractivity contribution in [3.8, 4) is 0 Å². The summed E-state index contributed by atoms with van der Waals surface area (Å²) < 4.78 is 0. The maximum atomic E-state index is 12.2. The zero-order chi connectivity index (χ0) is 28.7. The highest BCUT2D eigenvalue weighted by Gasteiger charge is 2.28. The summed E-state index contributed by atoms with van der Waals surface area (Å²) in [4.78, 5) is 45.7. The predicted molar refractivity (Wildman–Crippen MR) is 154 cm³/mol. The third-order valence-corrected chi connectivity index (χ3v) is 8.08. The summed E-state index contributed by atoms with van der Waals surface area (Å²) in [6.45, 7) is 2.15. The smallest absolute Gasteiger partial charge is 0.325 e. The number of hydrogen-bond donors (Lipinski definition) is 4. The fraction of sp³-hybridized carbons (Fsp3) is 0.871. The van der Waals surface area contributed by atoms with Crippen molar-refractivity contribution < 1.29 is 29.4 Å². The van der Waals surface area contributed by atoms with E-state index < -0.39 is 18.0 Å². The van der Waals surface area contributed by atoms with E-state index in [1.807, 2.05) is 0 Å². The van der Waals surface area contributed by atoms with E-state index in [4.69, 9.17) is 10.2 Å². The summed E-state index contributed by atoms with van der Waals surface area (Å²) in [6, 6.07) is -0.859. The molecule has 1 saturated carbocycles. The first-order valence-corrected chi connectivity index (χ1v) is 15.8. The van der Waals surface area contributed by atoms with Crippen LogP contribution in [0, 0.1) is 11.8 Å². The second-order valence-electron chi connectivity index (χ2n) is 11.6. The van der Waals surface area contributed by atoms with Crippen LogP contribution < -0.4 is 10.6 Å². The first kappa shape index (κ1) is 34.9. The summed E-state index contributed by atoms with van der Waals surface area (Å²) in [5.74, 6) is -1.46. The Balaban J connectivity index is 1.84. The van der Waals surface area contributed by atoms with E-state index in [0.717, 1.165) is 51.4 Å². The van der Waals surface area contributed by atoms with Crippen LogP contribution in [0.25, 0.3) is 0 Å². The van der Waals surface area contributed by atoms with Crippen LogP contribution in [-0.2, 0) is 19.2 Å². The van der Waals surface area contributed by atoms with Gasteiger partial charge in [-0.2, -0.15) is 0 Å². The molecule has 0 aromatic carbocycles. The Hall–Kier alpha value is -2.12. The summed E-state index contributed by atoms with van der Waals surface area (Å²) in [5, 5.41) is 23.2. The number of unbranched alkanes of at least 4 members (excludes halogenated alkanes) is 15. The lowest BCUT2D eigenvalue weighted by atomic mass is 9.81. The molecule has 1 aliphatic carbocycles. The number of carboxylic acids is 2. The molecule has 1 fully saturated rings. The van der Waals surface area contributed by atoms with E-state index in [2.05, 4.69) is 10.6 Å². The largest absolute Gasteiger partial charge is 0.481 e. The Kier molecular flexibility index (Phi) is 20.3. The molecule has 4 N–H and O–H groups in total. The second-order valence-corrected chi connectivity index (χ2v) is 11.6. The normalized spacial score (nSPS) is 17.9. The fourth-order valence-corrected chi connectivity index (χ4v) is 5.40. The minimum Gasteiger partial charge on any atom is -0.481 e. The van der Waals surface area contributed by atoms with Gasteiger partial charge in [0.2, 0.25) is 11.8 Å². The van der Waals surface area contributed by atoms with Gasteiger partial charge in [0.1, 0.15) is 6.04 Å². The monoisotopic (exact) mass is 552 g/mol. The van der Waals surface area contributed by atoms with Gasteiger partial charge in [-0.25, -0.2) is 0 Å². The van der Waals surface area contributed by atoms with Crippen LogP contribution in [0.4, 0.5) is 0 Å². The zero-order valence-corrected chi connectivity index (χ0v) is 24.5. The lowest BCUT2D eigenvalue weighted by Crippen LogP contribution is -2.43. The number of carbonyl (C=O) groups excluding carboxylic acids is 2. The Morgan fingerprint density at radius 3 is 1.46 bits per heavy atom. The summed E-state index contributed by atoms with van der Waals surface area (Å²) in [7, 11) is 0. The number of carbonyl (C=O) groups is 4. The van der Waals surface area contributed by atoms with Crippen LogP contribution >= 0.6 is 0 Å². The average molecular weight is 553 g/mol. The van der Waals surface area contributed by atoms with Crippen LogP contribution in [0.5, 0.6) is 0 Å². The van der Waals surface area contributed by atoms with Gasteiger partial charge >= 0.3 is 11.9 Å². The highest BCUT2D eigenvalue weighted by atomic mass is 16.4. The Morgan fingerprint density at radius 1 is 0.641 bits per heavy atom. The SMILES string of the molecule is C[C@H](NC(=O)[C@H]1CC[C@H](CNC(=O)CCCCCCCCCCCCCCCCCCC(=O)O)CC1)C(=O)O. The summed E-state index contributed by atoms with van der Waals surface area (Å²) in [5.41, 5.74) is 0. The quantitative estimate of drug-likeness (QED) is 0.0997. The van der Waals surface area contributed by atoms with Crippen molar-refractivity contribution in [2.75, 3.05) is 6.54 Å². The molecule has 1 aliphatic rings. The number of nitrogens with one attached hydrogen (secondary N) is 2. The van der Waals surface area contributed by atoms with Crippen LogP contribution in [0.2, 0.25) is 0 Å². The summed E-state index contributed by atoms with van der Waals surface area (Å²) in [6.07, 6.45) is 23.4.